The van der Waals surface area contributed by atoms with Crippen molar-refractivity contribution in [3.63, 3.8) is 0 Å². The third-order valence-corrected chi connectivity index (χ3v) is 4.37. The average Bonchev–Trinajstić information content (AvgIpc) is 2.73. The van der Waals surface area contributed by atoms with Crippen molar-refractivity contribution < 1.29 is 24.2 Å². The van der Waals surface area contributed by atoms with E-state index in [1.54, 1.807) is 16.0 Å². The fourth-order valence-corrected chi connectivity index (χ4v) is 2.81. The molecule has 8 heteroatoms. The molecular weight excluding hydrogens is 362 g/mol. The van der Waals surface area contributed by atoms with Gasteiger partial charge >= 0.3 is 12.1 Å². The molecule has 1 saturated heterocycles. The number of carbonyl (C=O) groups excluding carboxylic acids is 2. The molecule has 1 heterocycles. The van der Waals surface area contributed by atoms with Crippen LogP contribution in [0.4, 0.5) is 4.79 Å². The van der Waals surface area contributed by atoms with E-state index in [1.165, 1.54) is 18.2 Å². The monoisotopic (exact) mass is 383 g/mol. The molecule has 2 aromatic carbocycles. The lowest BCUT2D eigenvalue weighted by atomic mass is 10.1. The minimum atomic E-state index is -1.09. The molecule has 0 aliphatic carbocycles. The van der Waals surface area contributed by atoms with Gasteiger partial charge in [-0.25, -0.2) is 14.6 Å². The lowest BCUT2D eigenvalue weighted by Gasteiger charge is -2.34. The Morgan fingerprint density at radius 1 is 0.929 bits per heavy atom. The van der Waals surface area contributed by atoms with Gasteiger partial charge in [0.1, 0.15) is 6.61 Å². The summed E-state index contributed by atoms with van der Waals surface area (Å²) in [4.78, 5) is 37.1. The summed E-state index contributed by atoms with van der Waals surface area (Å²) in [5.41, 5.74) is 3.99. The number of carboxylic acids is 1. The molecule has 0 spiro atoms. The molecule has 0 atom stereocenters. The summed E-state index contributed by atoms with van der Waals surface area (Å²) in [6.45, 7) is 1.96. The molecule has 0 unspecified atom stereocenters. The Morgan fingerprint density at radius 2 is 1.61 bits per heavy atom. The summed E-state index contributed by atoms with van der Waals surface area (Å²) in [6, 6.07) is 15.3. The van der Waals surface area contributed by atoms with Crippen molar-refractivity contribution in [1.82, 2.24) is 15.3 Å². The SMILES string of the molecule is O=C(O)c1cccc(C(=O)NN2CCN(C(=O)OCc3ccccc3)CC2)c1. The predicted octanol–water partition coefficient (Wildman–Crippen LogP) is 1.98. The zero-order valence-corrected chi connectivity index (χ0v) is 15.2. The summed E-state index contributed by atoms with van der Waals surface area (Å²) in [5.74, 6) is -1.47. The van der Waals surface area contributed by atoms with Gasteiger partial charge in [0.2, 0.25) is 0 Å². The number of amides is 2. The first kappa shape index (κ1) is 19.4. The minimum absolute atomic E-state index is 0.0543. The Kier molecular flexibility index (Phi) is 6.23. The molecule has 2 amide bonds. The Hall–Kier alpha value is -3.39. The van der Waals surface area contributed by atoms with Crippen molar-refractivity contribution in [3.8, 4) is 0 Å². The van der Waals surface area contributed by atoms with Crippen LogP contribution in [0.25, 0.3) is 0 Å². The fourth-order valence-electron chi connectivity index (χ4n) is 2.81. The van der Waals surface area contributed by atoms with Gasteiger partial charge < -0.3 is 14.7 Å². The first-order valence-electron chi connectivity index (χ1n) is 8.88. The smallest absolute Gasteiger partial charge is 0.410 e. The van der Waals surface area contributed by atoms with Crippen LogP contribution in [-0.4, -0.2) is 59.2 Å². The Morgan fingerprint density at radius 3 is 2.29 bits per heavy atom. The maximum Gasteiger partial charge on any atom is 0.410 e. The molecule has 0 aromatic heterocycles. The molecular formula is C20H21N3O5. The van der Waals surface area contributed by atoms with Crippen molar-refractivity contribution in [3.05, 3.63) is 71.3 Å². The van der Waals surface area contributed by atoms with Crippen LogP contribution in [0.5, 0.6) is 0 Å². The first-order chi connectivity index (χ1) is 13.5. The number of carbonyl (C=O) groups is 3. The van der Waals surface area contributed by atoms with Crippen LogP contribution < -0.4 is 5.43 Å². The van der Waals surface area contributed by atoms with Crippen molar-refractivity contribution in [1.29, 1.82) is 0 Å². The zero-order chi connectivity index (χ0) is 19.9. The third kappa shape index (κ3) is 5.08. The van der Waals surface area contributed by atoms with E-state index in [1.807, 2.05) is 30.3 Å². The van der Waals surface area contributed by atoms with Crippen molar-refractivity contribution in [2.24, 2.45) is 0 Å². The number of rotatable bonds is 5. The van der Waals surface area contributed by atoms with Gasteiger partial charge in [-0.05, 0) is 23.8 Å². The molecule has 2 N–H and O–H groups in total. The molecule has 1 aliphatic rings. The molecule has 2 aromatic rings. The van der Waals surface area contributed by atoms with Gasteiger partial charge in [-0.1, -0.05) is 36.4 Å². The van der Waals surface area contributed by atoms with Crippen molar-refractivity contribution in [2.45, 2.75) is 6.61 Å². The van der Waals surface area contributed by atoms with Gasteiger partial charge in [-0.2, -0.15) is 0 Å². The van der Waals surface area contributed by atoms with Crippen LogP contribution in [0.1, 0.15) is 26.3 Å². The number of hydrogen-bond donors (Lipinski definition) is 2. The second-order valence-corrected chi connectivity index (χ2v) is 6.34. The summed E-state index contributed by atoms with van der Waals surface area (Å²) in [7, 11) is 0. The van der Waals surface area contributed by atoms with Gasteiger partial charge in [-0.15, -0.1) is 0 Å². The van der Waals surface area contributed by atoms with Crippen molar-refractivity contribution >= 4 is 18.0 Å². The summed E-state index contributed by atoms with van der Waals surface area (Å²) < 4.78 is 5.31. The van der Waals surface area contributed by atoms with E-state index in [-0.39, 0.29) is 29.7 Å². The second kappa shape index (κ2) is 9.01. The summed E-state index contributed by atoms with van der Waals surface area (Å²) >= 11 is 0. The number of hydrogen-bond acceptors (Lipinski definition) is 5. The number of hydrazine groups is 1. The van der Waals surface area contributed by atoms with Gasteiger partial charge in [0, 0.05) is 31.7 Å². The van der Waals surface area contributed by atoms with Gasteiger partial charge in [-0.3, -0.25) is 10.2 Å². The minimum Gasteiger partial charge on any atom is -0.478 e. The largest absolute Gasteiger partial charge is 0.478 e. The van der Waals surface area contributed by atoms with E-state index in [9.17, 15) is 14.4 Å². The second-order valence-electron chi connectivity index (χ2n) is 6.34. The molecule has 146 valence electrons. The normalized spacial score (nSPS) is 14.4. The number of aromatic carboxylic acids is 1. The molecule has 0 bridgehead atoms. The maximum atomic E-state index is 12.3. The van der Waals surface area contributed by atoms with E-state index in [4.69, 9.17) is 9.84 Å². The lowest BCUT2D eigenvalue weighted by molar-refractivity contribution is 0.0502. The highest BCUT2D eigenvalue weighted by molar-refractivity contribution is 5.97. The third-order valence-electron chi connectivity index (χ3n) is 4.37. The molecule has 1 fully saturated rings. The highest BCUT2D eigenvalue weighted by Gasteiger charge is 2.23. The summed E-state index contributed by atoms with van der Waals surface area (Å²) in [5, 5.41) is 10.7. The molecule has 8 nitrogen and oxygen atoms in total. The fraction of sp³-hybridized carbons (Fsp3) is 0.250. The van der Waals surface area contributed by atoms with E-state index in [2.05, 4.69) is 5.43 Å². The van der Waals surface area contributed by atoms with Crippen molar-refractivity contribution in [2.75, 3.05) is 26.2 Å². The van der Waals surface area contributed by atoms with E-state index < -0.39 is 5.97 Å². The topological polar surface area (TPSA) is 99.2 Å². The van der Waals surface area contributed by atoms with E-state index in [0.717, 1.165) is 5.56 Å². The quantitative estimate of drug-likeness (QED) is 0.819. The number of piperazine rings is 1. The average molecular weight is 383 g/mol. The van der Waals surface area contributed by atoms with Crippen LogP contribution in [0.3, 0.4) is 0 Å². The Balaban J connectivity index is 1.46. The number of nitrogens with zero attached hydrogens (tertiary/aromatic N) is 2. The standard InChI is InChI=1S/C20H21N3O5/c24-18(16-7-4-8-17(13-16)19(25)26)21-23-11-9-22(10-12-23)20(27)28-14-15-5-2-1-3-6-15/h1-8,13H,9-12,14H2,(H,21,24)(H,25,26). The number of nitrogens with one attached hydrogen (secondary N) is 1. The van der Waals surface area contributed by atoms with Gasteiger partial charge in [0.25, 0.3) is 5.91 Å². The number of benzene rings is 2. The first-order valence-corrected chi connectivity index (χ1v) is 8.88. The van der Waals surface area contributed by atoms with E-state index >= 15 is 0 Å². The Bertz CT molecular complexity index is 848. The predicted molar refractivity (Wildman–Crippen MR) is 101 cm³/mol. The van der Waals surface area contributed by atoms with Gasteiger partial charge in [0.15, 0.2) is 0 Å². The maximum absolute atomic E-state index is 12.3. The molecule has 0 radical (unpaired) electrons. The molecule has 28 heavy (non-hydrogen) atoms. The molecule has 3 rings (SSSR count). The van der Waals surface area contributed by atoms with Crippen LogP contribution in [0, 0.1) is 0 Å². The molecule has 1 aliphatic heterocycles. The Labute approximate surface area is 162 Å². The van der Waals surface area contributed by atoms with Crippen LogP contribution in [0.2, 0.25) is 0 Å². The number of carboxylic acid groups (broad SMARTS) is 1. The summed E-state index contributed by atoms with van der Waals surface area (Å²) in [6.07, 6.45) is -0.385. The molecule has 0 saturated carbocycles. The van der Waals surface area contributed by atoms with E-state index in [0.29, 0.717) is 26.2 Å². The van der Waals surface area contributed by atoms with Crippen LogP contribution >= 0.6 is 0 Å². The zero-order valence-electron chi connectivity index (χ0n) is 15.2. The van der Waals surface area contributed by atoms with Crippen LogP contribution in [0.15, 0.2) is 54.6 Å². The van der Waals surface area contributed by atoms with Crippen LogP contribution in [-0.2, 0) is 11.3 Å². The lowest BCUT2D eigenvalue weighted by Crippen LogP contribution is -2.54. The number of ether oxygens (including phenoxy) is 1. The van der Waals surface area contributed by atoms with Gasteiger partial charge in [0.05, 0.1) is 5.56 Å². The highest BCUT2D eigenvalue weighted by atomic mass is 16.6. The highest BCUT2D eigenvalue weighted by Crippen LogP contribution is 2.08.